The molecule has 0 atom stereocenters. The van der Waals surface area contributed by atoms with Gasteiger partial charge in [-0.3, -0.25) is 20.4 Å². The highest BCUT2D eigenvalue weighted by molar-refractivity contribution is 5.99. The SMILES string of the molecule is CCn1c(C)nc2cc(C(=O)NNC(=O)c3nc(-c4ccccc4)n(-c4cccc(C(F)(F)F)c4)n3)ccc21. The van der Waals surface area contributed by atoms with E-state index in [1.807, 2.05) is 18.4 Å². The Balaban J connectivity index is 1.41. The molecule has 0 saturated carbocycles. The Morgan fingerprint density at radius 2 is 1.64 bits per heavy atom. The zero-order chi connectivity index (χ0) is 27.7. The predicted molar refractivity (Wildman–Crippen MR) is 137 cm³/mol. The number of nitrogens with zero attached hydrogens (tertiary/aromatic N) is 5. The first kappa shape index (κ1) is 25.6. The van der Waals surface area contributed by atoms with Crippen molar-refractivity contribution in [1.82, 2.24) is 35.2 Å². The highest BCUT2D eigenvalue weighted by Gasteiger charge is 2.31. The predicted octanol–water partition coefficient (Wildman–Crippen LogP) is 4.71. The van der Waals surface area contributed by atoms with Crippen LogP contribution in [0.4, 0.5) is 13.2 Å². The molecular formula is C27H22F3N7O2. The van der Waals surface area contributed by atoms with Crippen molar-refractivity contribution < 1.29 is 22.8 Å². The molecule has 0 bridgehead atoms. The van der Waals surface area contributed by atoms with Gasteiger partial charge in [0, 0.05) is 17.7 Å². The number of hydrogen-bond donors (Lipinski definition) is 2. The number of alkyl halides is 3. The lowest BCUT2D eigenvalue weighted by Crippen LogP contribution is -2.42. The molecule has 3 aromatic carbocycles. The van der Waals surface area contributed by atoms with E-state index in [1.54, 1.807) is 48.5 Å². The average molecular weight is 534 g/mol. The number of hydrazine groups is 1. The van der Waals surface area contributed by atoms with Gasteiger partial charge in [-0.05, 0) is 50.2 Å². The van der Waals surface area contributed by atoms with E-state index in [-0.39, 0.29) is 22.9 Å². The highest BCUT2D eigenvalue weighted by atomic mass is 19.4. The van der Waals surface area contributed by atoms with E-state index >= 15 is 0 Å². The van der Waals surface area contributed by atoms with E-state index in [9.17, 15) is 22.8 Å². The molecule has 198 valence electrons. The summed E-state index contributed by atoms with van der Waals surface area (Å²) in [6, 6.07) is 18.1. The Morgan fingerprint density at radius 3 is 2.36 bits per heavy atom. The van der Waals surface area contributed by atoms with Gasteiger partial charge in [0.05, 0.1) is 22.3 Å². The molecule has 2 amide bonds. The number of carbonyl (C=O) groups excluding carboxylic acids is 2. The molecule has 0 saturated heterocycles. The van der Waals surface area contributed by atoms with Crippen molar-refractivity contribution in [2.75, 3.05) is 0 Å². The number of imidazole rings is 1. The zero-order valence-corrected chi connectivity index (χ0v) is 20.8. The molecule has 0 spiro atoms. The van der Waals surface area contributed by atoms with E-state index in [0.717, 1.165) is 34.7 Å². The van der Waals surface area contributed by atoms with E-state index in [4.69, 9.17) is 0 Å². The van der Waals surface area contributed by atoms with Gasteiger partial charge in [-0.25, -0.2) is 14.6 Å². The summed E-state index contributed by atoms with van der Waals surface area (Å²) >= 11 is 0. The van der Waals surface area contributed by atoms with Gasteiger partial charge in [-0.1, -0.05) is 36.4 Å². The second-order valence-corrected chi connectivity index (χ2v) is 8.60. The third-order valence-corrected chi connectivity index (χ3v) is 6.07. The van der Waals surface area contributed by atoms with Crippen molar-refractivity contribution in [3.8, 4) is 17.1 Å². The standard InChI is InChI=1S/C27H22F3N7O2/c1-3-36-16(2)31-21-14-18(12-13-22(21)36)25(38)33-34-26(39)23-32-24(17-8-5-4-6-9-17)37(35-23)20-11-7-10-19(15-20)27(28,29)30/h4-15H,3H2,1-2H3,(H,33,38)(H,34,39). The van der Waals surface area contributed by atoms with Crippen molar-refractivity contribution in [3.63, 3.8) is 0 Å². The summed E-state index contributed by atoms with van der Waals surface area (Å²) in [6.45, 7) is 4.60. The fourth-order valence-electron chi connectivity index (χ4n) is 4.21. The second kappa shape index (κ2) is 10.0. The van der Waals surface area contributed by atoms with Crippen LogP contribution in [-0.4, -0.2) is 36.1 Å². The number of nitrogens with one attached hydrogen (secondary N) is 2. The maximum absolute atomic E-state index is 13.3. The summed E-state index contributed by atoms with van der Waals surface area (Å²) in [4.78, 5) is 34.3. The lowest BCUT2D eigenvalue weighted by molar-refractivity contribution is -0.137. The highest BCUT2D eigenvalue weighted by Crippen LogP contribution is 2.31. The summed E-state index contributed by atoms with van der Waals surface area (Å²) in [7, 11) is 0. The first-order valence-electron chi connectivity index (χ1n) is 11.9. The van der Waals surface area contributed by atoms with Crippen LogP contribution in [0.1, 0.15) is 39.3 Å². The zero-order valence-electron chi connectivity index (χ0n) is 20.8. The molecule has 39 heavy (non-hydrogen) atoms. The number of amides is 2. The van der Waals surface area contributed by atoms with Gasteiger partial charge in [0.25, 0.3) is 5.91 Å². The van der Waals surface area contributed by atoms with E-state index in [2.05, 4.69) is 25.9 Å². The molecule has 5 aromatic rings. The van der Waals surface area contributed by atoms with Gasteiger partial charge in [-0.15, -0.1) is 5.10 Å². The Labute approximate surface area is 220 Å². The minimum Gasteiger partial charge on any atom is -0.329 e. The topological polar surface area (TPSA) is 107 Å². The smallest absolute Gasteiger partial charge is 0.329 e. The molecule has 0 unspecified atom stereocenters. The van der Waals surface area contributed by atoms with Crippen LogP contribution in [0.25, 0.3) is 28.1 Å². The first-order valence-corrected chi connectivity index (χ1v) is 11.9. The fourth-order valence-corrected chi connectivity index (χ4v) is 4.21. The Kier molecular flexibility index (Phi) is 6.60. The fraction of sp³-hybridized carbons (Fsp3) is 0.148. The van der Waals surface area contributed by atoms with Crippen molar-refractivity contribution >= 4 is 22.8 Å². The summed E-state index contributed by atoms with van der Waals surface area (Å²) in [5.41, 5.74) is 6.11. The van der Waals surface area contributed by atoms with Crippen molar-refractivity contribution in [1.29, 1.82) is 0 Å². The maximum Gasteiger partial charge on any atom is 0.416 e. The van der Waals surface area contributed by atoms with Crippen LogP contribution in [0.5, 0.6) is 0 Å². The van der Waals surface area contributed by atoms with Crippen LogP contribution >= 0.6 is 0 Å². The third-order valence-electron chi connectivity index (χ3n) is 6.07. The lowest BCUT2D eigenvalue weighted by atomic mass is 10.2. The molecule has 0 aliphatic rings. The summed E-state index contributed by atoms with van der Waals surface area (Å²) in [6.07, 6.45) is -4.57. The van der Waals surface area contributed by atoms with Crippen LogP contribution in [0.2, 0.25) is 0 Å². The molecule has 2 heterocycles. The van der Waals surface area contributed by atoms with Gasteiger partial charge >= 0.3 is 12.1 Å². The number of aryl methyl sites for hydroxylation is 2. The Bertz CT molecular complexity index is 1690. The molecule has 0 radical (unpaired) electrons. The minimum atomic E-state index is -4.57. The number of rotatable bonds is 5. The monoisotopic (exact) mass is 533 g/mol. The van der Waals surface area contributed by atoms with Gasteiger partial charge in [0.2, 0.25) is 5.82 Å². The van der Waals surface area contributed by atoms with E-state index in [1.165, 1.54) is 12.1 Å². The number of fused-ring (bicyclic) bond motifs is 1. The van der Waals surface area contributed by atoms with Gasteiger partial charge in [0.1, 0.15) is 5.82 Å². The Hall–Kier alpha value is -5.00. The maximum atomic E-state index is 13.3. The number of carbonyl (C=O) groups is 2. The lowest BCUT2D eigenvalue weighted by Gasteiger charge is -2.10. The molecule has 0 fully saturated rings. The van der Waals surface area contributed by atoms with Crippen molar-refractivity contribution in [2.24, 2.45) is 0 Å². The van der Waals surface area contributed by atoms with Crippen LogP contribution < -0.4 is 10.9 Å². The molecule has 0 aliphatic carbocycles. The van der Waals surface area contributed by atoms with Gasteiger partial charge < -0.3 is 4.57 Å². The third kappa shape index (κ3) is 5.08. The number of hydrogen-bond acceptors (Lipinski definition) is 5. The van der Waals surface area contributed by atoms with Gasteiger partial charge in [0.15, 0.2) is 5.82 Å². The Morgan fingerprint density at radius 1 is 0.897 bits per heavy atom. The molecule has 12 heteroatoms. The average Bonchev–Trinajstić information content (AvgIpc) is 3.52. The normalized spacial score (nSPS) is 11.5. The first-order chi connectivity index (χ1) is 18.7. The van der Waals surface area contributed by atoms with E-state index in [0.29, 0.717) is 11.1 Å². The van der Waals surface area contributed by atoms with Crippen LogP contribution in [0.15, 0.2) is 72.8 Å². The molecule has 2 N–H and O–H groups in total. The molecule has 5 rings (SSSR count). The number of benzene rings is 3. The summed E-state index contributed by atoms with van der Waals surface area (Å²) in [5, 5.41) is 4.16. The largest absolute Gasteiger partial charge is 0.416 e. The van der Waals surface area contributed by atoms with Gasteiger partial charge in [-0.2, -0.15) is 13.2 Å². The van der Waals surface area contributed by atoms with Crippen LogP contribution in [0.3, 0.4) is 0 Å². The van der Waals surface area contributed by atoms with Crippen molar-refractivity contribution in [3.05, 3.63) is 95.6 Å². The molecule has 0 aliphatic heterocycles. The molecule has 2 aromatic heterocycles. The van der Waals surface area contributed by atoms with Crippen LogP contribution in [-0.2, 0) is 12.7 Å². The minimum absolute atomic E-state index is 0.0642. The molecular weight excluding hydrogens is 511 g/mol. The molecule has 9 nitrogen and oxygen atoms in total. The number of aromatic nitrogens is 5. The summed E-state index contributed by atoms with van der Waals surface area (Å²) < 4.78 is 43.1. The van der Waals surface area contributed by atoms with Crippen molar-refractivity contribution in [2.45, 2.75) is 26.6 Å². The second-order valence-electron chi connectivity index (χ2n) is 8.60. The quantitative estimate of drug-likeness (QED) is 0.319. The van der Waals surface area contributed by atoms with Crippen LogP contribution in [0, 0.1) is 6.92 Å². The summed E-state index contributed by atoms with van der Waals surface area (Å²) in [5.74, 6) is -0.818. The van der Waals surface area contributed by atoms with E-state index < -0.39 is 23.6 Å². The number of halogens is 3.